The fraction of sp³-hybridized carbons (Fsp3) is 0.190. The summed E-state index contributed by atoms with van der Waals surface area (Å²) < 4.78 is 16.1. The zero-order chi connectivity index (χ0) is 22.4. The molecule has 3 aromatic rings. The number of nitrogens with zero attached hydrogens (tertiary/aromatic N) is 1. The van der Waals surface area contributed by atoms with E-state index in [2.05, 4.69) is 15.6 Å². The molecule has 0 unspecified atom stereocenters. The first-order chi connectivity index (χ1) is 14.9. The van der Waals surface area contributed by atoms with Crippen molar-refractivity contribution in [3.8, 4) is 28.5 Å². The Hall–Kier alpha value is -2.88. The second kappa shape index (κ2) is 10.4. The zero-order valence-electron chi connectivity index (χ0n) is 17.0. The topological polar surface area (TPSA) is 81.7 Å². The summed E-state index contributed by atoms with van der Waals surface area (Å²) in [6, 6.07) is 10.7. The molecule has 2 N–H and O–H groups in total. The Morgan fingerprint density at radius 3 is 2.58 bits per heavy atom. The van der Waals surface area contributed by atoms with Crippen LogP contribution < -0.4 is 24.8 Å². The molecule has 0 aliphatic heterocycles. The molecule has 7 nitrogen and oxygen atoms in total. The molecule has 0 aliphatic rings. The van der Waals surface area contributed by atoms with Gasteiger partial charge in [0.05, 0.1) is 19.9 Å². The van der Waals surface area contributed by atoms with Crippen molar-refractivity contribution in [2.75, 3.05) is 26.1 Å². The number of hydrogen-bond donors (Lipinski definition) is 2. The molecule has 3 rings (SSSR count). The molecule has 1 heterocycles. The second-order valence-electron chi connectivity index (χ2n) is 6.31. The van der Waals surface area contributed by atoms with Gasteiger partial charge < -0.3 is 19.5 Å². The van der Waals surface area contributed by atoms with E-state index in [1.807, 2.05) is 30.5 Å². The first-order valence-corrected chi connectivity index (χ1v) is 10.7. The van der Waals surface area contributed by atoms with E-state index >= 15 is 0 Å². The van der Waals surface area contributed by atoms with Gasteiger partial charge in [0.15, 0.2) is 28.3 Å². The van der Waals surface area contributed by atoms with E-state index in [0.29, 0.717) is 27.4 Å². The summed E-state index contributed by atoms with van der Waals surface area (Å²) >= 11 is 12.5. The average molecular weight is 478 g/mol. The van der Waals surface area contributed by atoms with Crippen molar-refractivity contribution in [2.45, 2.75) is 6.92 Å². The third-order valence-electron chi connectivity index (χ3n) is 4.15. The van der Waals surface area contributed by atoms with Crippen molar-refractivity contribution in [2.24, 2.45) is 0 Å². The lowest BCUT2D eigenvalue weighted by atomic mass is 10.1. The lowest BCUT2D eigenvalue weighted by molar-refractivity contribution is -0.121. The molecule has 0 radical (unpaired) electrons. The highest BCUT2D eigenvalue weighted by atomic mass is 35.5. The number of hydrogen-bond acceptors (Lipinski definition) is 7. The van der Waals surface area contributed by atoms with E-state index in [0.717, 1.165) is 16.8 Å². The number of carbonyl (C=O) groups excluding carboxylic acids is 1. The minimum atomic E-state index is -0.386. The van der Waals surface area contributed by atoms with Gasteiger partial charge in [-0.15, -0.1) is 11.3 Å². The number of aromatic nitrogens is 1. The van der Waals surface area contributed by atoms with E-state index < -0.39 is 0 Å². The molecule has 0 bridgehead atoms. The number of thiocarbonyl (C=S) groups is 1. The van der Waals surface area contributed by atoms with E-state index in [9.17, 15) is 4.79 Å². The number of thiazole rings is 1. The van der Waals surface area contributed by atoms with Gasteiger partial charge in [0.2, 0.25) is 0 Å². The number of benzene rings is 2. The third kappa shape index (κ3) is 6.06. The third-order valence-corrected chi connectivity index (χ3v) is 5.35. The molecule has 1 amide bonds. The highest BCUT2D eigenvalue weighted by Crippen LogP contribution is 2.33. The summed E-state index contributed by atoms with van der Waals surface area (Å²) in [6.45, 7) is 1.67. The largest absolute Gasteiger partial charge is 0.493 e. The van der Waals surface area contributed by atoms with Gasteiger partial charge in [-0.1, -0.05) is 11.6 Å². The number of halogens is 1. The first-order valence-electron chi connectivity index (χ1n) is 9.07. The molecule has 0 saturated heterocycles. The highest BCUT2D eigenvalue weighted by molar-refractivity contribution is 7.80. The zero-order valence-corrected chi connectivity index (χ0v) is 19.4. The van der Waals surface area contributed by atoms with Crippen molar-refractivity contribution in [1.82, 2.24) is 10.3 Å². The lowest BCUT2D eigenvalue weighted by Gasteiger charge is -2.10. The Kier molecular flexibility index (Phi) is 7.67. The summed E-state index contributed by atoms with van der Waals surface area (Å²) in [5.74, 6) is 1.45. The number of aryl methyl sites for hydroxylation is 1. The summed E-state index contributed by atoms with van der Waals surface area (Å²) in [4.78, 5) is 16.6. The molecule has 0 spiro atoms. The van der Waals surface area contributed by atoms with Crippen LogP contribution in [0.4, 0.5) is 5.13 Å². The number of methoxy groups -OCH3 is 2. The summed E-state index contributed by atoms with van der Waals surface area (Å²) in [5, 5.41) is 8.64. The Morgan fingerprint density at radius 1 is 1.13 bits per heavy atom. The molecular formula is C21H20ClN3O4S2. The molecule has 162 valence electrons. The van der Waals surface area contributed by atoms with Gasteiger partial charge >= 0.3 is 0 Å². The highest BCUT2D eigenvalue weighted by Gasteiger charge is 2.12. The van der Waals surface area contributed by atoms with Crippen LogP contribution in [-0.2, 0) is 4.79 Å². The number of ether oxygens (including phenoxy) is 3. The maximum atomic E-state index is 12.1. The molecular weight excluding hydrogens is 458 g/mol. The lowest BCUT2D eigenvalue weighted by Crippen LogP contribution is -2.37. The summed E-state index contributed by atoms with van der Waals surface area (Å²) in [7, 11) is 3.16. The SMILES string of the molecule is COc1ccc(-c2csc(NC(=S)NC(=O)COc3ccc(Cl)cc3C)n2)cc1OC. The number of rotatable bonds is 7. The quantitative estimate of drug-likeness (QED) is 0.478. The van der Waals surface area contributed by atoms with E-state index in [-0.39, 0.29) is 17.6 Å². The van der Waals surface area contributed by atoms with Gasteiger partial charge in [-0.05, 0) is 61.1 Å². The summed E-state index contributed by atoms with van der Waals surface area (Å²) in [5.41, 5.74) is 2.44. The molecule has 0 fully saturated rings. The number of nitrogens with one attached hydrogen (secondary N) is 2. The average Bonchev–Trinajstić information content (AvgIpc) is 3.20. The molecule has 1 aromatic heterocycles. The van der Waals surface area contributed by atoms with E-state index in [1.165, 1.54) is 11.3 Å². The second-order valence-corrected chi connectivity index (χ2v) is 8.01. The van der Waals surface area contributed by atoms with Gasteiger partial charge in [-0.25, -0.2) is 4.98 Å². The minimum Gasteiger partial charge on any atom is -0.493 e. The first kappa shape index (κ1) is 22.8. The predicted molar refractivity (Wildman–Crippen MR) is 127 cm³/mol. The molecule has 10 heteroatoms. The van der Waals surface area contributed by atoms with Crippen molar-refractivity contribution in [3.05, 3.63) is 52.4 Å². The van der Waals surface area contributed by atoms with Crippen LogP contribution in [0.15, 0.2) is 41.8 Å². The van der Waals surface area contributed by atoms with Crippen LogP contribution in [0.3, 0.4) is 0 Å². The Balaban J connectivity index is 1.55. The van der Waals surface area contributed by atoms with E-state index in [4.69, 9.17) is 38.0 Å². The monoisotopic (exact) mass is 477 g/mol. The van der Waals surface area contributed by atoms with Gasteiger partial charge in [-0.3, -0.25) is 10.1 Å². The standard InChI is InChI=1S/C21H20ClN3O4S2/c1-12-8-14(22)5-7-16(12)29-10-19(26)24-20(30)25-21-23-15(11-31-21)13-4-6-17(27-2)18(9-13)28-3/h4-9,11H,10H2,1-3H3,(H2,23,24,25,26,30). The van der Waals surface area contributed by atoms with Gasteiger partial charge in [0.25, 0.3) is 5.91 Å². The number of carbonyl (C=O) groups is 1. The molecule has 0 aliphatic carbocycles. The molecule has 0 saturated carbocycles. The van der Waals surface area contributed by atoms with Crippen molar-refractivity contribution in [3.63, 3.8) is 0 Å². The van der Waals surface area contributed by atoms with Crippen LogP contribution in [0.5, 0.6) is 17.2 Å². The van der Waals surface area contributed by atoms with Crippen LogP contribution in [0.1, 0.15) is 5.56 Å². The van der Waals surface area contributed by atoms with Crippen molar-refractivity contribution in [1.29, 1.82) is 0 Å². The van der Waals surface area contributed by atoms with Gasteiger partial charge in [0, 0.05) is 16.0 Å². The van der Waals surface area contributed by atoms with Crippen molar-refractivity contribution < 1.29 is 19.0 Å². The predicted octanol–water partition coefficient (Wildman–Crippen LogP) is 4.68. The van der Waals surface area contributed by atoms with Crippen LogP contribution in [-0.4, -0.2) is 36.8 Å². The number of anilines is 1. The fourth-order valence-electron chi connectivity index (χ4n) is 2.67. The Morgan fingerprint density at radius 2 is 1.87 bits per heavy atom. The molecule has 31 heavy (non-hydrogen) atoms. The Bertz CT molecular complexity index is 1100. The maximum Gasteiger partial charge on any atom is 0.264 e. The number of amides is 1. The molecule has 2 aromatic carbocycles. The van der Waals surface area contributed by atoms with E-state index in [1.54, 1.807) is 32.4 Å². The van der Waals surface area contributed by atoms with Crippen LogP contribution in [0, 0.1) is 6.92 Å². The van der Waals surface area contributed by atoms with Gasteiger partial charge in [-0.2, -0.15) is 0 Å². The molecule has 0 atom stereocenters. The van der Waals surface area contributed by atoms with Crippen LogP contribution in [0.2, 0.25) is 5.02 Å². The van der Waals surface area contributed by atoms with Crippen molar-refractivity contribution >= 4 is 51.3 Å². The minimum absolute atomic E-state index is 0.134. The van der Waals surface area contributed by atoms with Crippen LogP contribution in [0.25, 0.3) is 11.3 Å². The van der Waals surface area contributed by atoms with Crippen LogP contribution >= 0.6 is 35.2 Å². The fourth-order valence-corrected chi connectivity index (χ4v) is 3.89. The van der Waals surface area contributed by atoms with Gasteiger partial charge in [0.1, 0.15) is 5.75 Å². The smallest absolute Gasteiger partial charge is 0.264 e. The maximum absolute atomic E-state index is 12.1. The normalized spacial score (nSPS) is 10.3. The summed E-state index contributed by atoms with van der Waals surface area (Å²) in [6.07, 6.45) is 0. The Labute approximate surface area is 194 Å².